The minimum Gasteiger partial charge on any atom is -0.484 e. The zero-order chi connectivity index (χ0) is 27.9. The molecule has 0 unspecified atom stereocenters. The van der Waals surface area contributed by atoms with Gasteiger partial charge in [-0.15, -0.1) is 28.1 Å². The minimum atomic E-state index is -0.510. The maximum Gasteiger partial charge on any atom is 0.341 e. The van der Waals surface area contributed by atoms with Crippen LogP contribution in [0.4, 0.5) is 5.00 Å². The Morgan fingerprint density at radius 2 is 1.97 bits per heavy atom. The first-order chi connectivity index (χ1) is 18.8. The summed E-state index contributed by atoms with van der Waals surface area (Å²) in [5.74, 6) is 0.365. The fraction of sp³-hybridized carbons (Fsp3) is 0.214. The number of thioether (sulfide) groups is 1. The molecule has 202 valence electrons. The highest BCUT2D eigenvalue weighted by molar-refractivity contribution is 7.99. The second-order valence-corrected chi connectivity index (χ2v) is 10.7. The van der Waals surface area contributed by atoms with Crippen molar-refractivity contribution in [1.29, 1.82) is 0 Å². The normalized spacial score (nSPS) is 10.8. The van der Waals surface area contributed by atoms with Gasteiger partial charge in [0.1, 0.15) is 22.9 Å². The highest BCUT2D eigenvalue weighted by atomic mass is 35.5. The Morgan fingerprint density at radius 3 is 2.72 bits per heavy atom. The topological polar surface area (TPSA) is 95.3 Å². The number of benzene rings is 2. The molecule has 4 rings (SSSR count). The molecule has 4 aromatic rings. The number of thiophene rings is 1. The first kappa shape index (κ1) is 28.4. The molecule has 0 saturated carbocycles. The smallest absolute Gasteiger partial charge is 0.341 e. The summed E-state index contributed by atoms with van der Waals surface area (Å²) in [6, 6.07) is 13.2. The highest BCUT2D eigenvalue weighted by Crippen LogP contribution is 2.38. The van der Waals surface area contributed by atoms with Gasteiger partial charge in [-0.1, -0.05) is 65.3 Å². The Bertz CT molecular complexity index is 1520. The number of nitrogens with one attached hydrogen (secondary N) is 1. The van der Waals surface area contributed by atoms with Crippen LogP contribution in [0.15, 0.2) is 65.7 Å². The lowest BCUT2D eigenvalue weighted by atomic mass is 9.97. The molecule has 0 aliphatic rings. The molecule has 39 heavy (non-hydrogen) atoms. The third-order valence-electron chi connectivity index (χ3n) is 5.75. The van der Waals surface area contributed by atoms with Crippen molar-refractivity contribution in [2.24, 2.45) is 0 Å². The number of hydrogen-bond acceptors (Lipinski definition) is 8. The number of methoxy groups -OCH3 is 1. The lowest BCUT2D eigenvalue weighted by molar-refractivity contribution is -0.113. The van der Waals surface area contributed by atoms with Crippen molar-refractivity contribution in [3.8, 4) is 16.9 Å². The predicted octanol–water partition coefficient (Wildman–Crippen LogP) is 6.56. The summed E-state index contributed by atoms with van der Waals surface area (Å²) in [6.07, 6.45) is 1.72. The first-order valence-electron chi connectivity index (χ1n) is 11.9. The molecule has 0 saturated heterocycles. The lowest BCUT2D eigenvalue weighted by Gasteiger charge is -2.11. The number of anilines is 1. The van der Waals surface area contributed by atoms with Gasteiger partial charge >= 0.3 is 5.97 Å². The Labute approximate surface area is 240 Å². The van der Waals surface area contributed by atoms with Crippen LogP contribution in [0.1, 0.15) is 27.3 Å². The minimum absolute atomic E-state index is 0.0535. The van der Waals surface area contributed by atoms with Crippen molar-refractivity contribution in [1.82, 2.24) is 14.8 Å². The molecule has 0 radical (unpaired) electrons. The zero-order valence-corrected chi connectivity index (χ0v) is 24.1. The third kappa shape index (κ3) is 6.70. The summed E-state index contributed by atoms with van der Waals surface area (Å²) in [4.78, 5) is 25.7. The summed E-state index contributed by atoms with van der Waals surface area (Å²) in [6.45, 7) is 8.37. The van der Waals surface area contributed by atoms with E-state index in [1.165, 1.54) is 30.2 Å². The van der Waals surface area contributed by atoms with E-state index in [0.29, 0.717) is 38.9 Å². The summed E-state index contributed by atoms with van der Waals surface area (Å²) < 4.78 is 12.7. The molecule has 0 aliphatic carbocycles. The van der Waals surface area contributed by atoms with Crippen LogP contribution in [-0.2, 0) is 22.7 Å². The van der Waals surface area contributed by atoms with Gasteiger partial charge in [-0.2, -0.15) is 0 Å². The number of allylic oxidation sites excluding steroid dienone is 1. The number of hydrogen-bond donors (Lipinski definition) is 1. The standard InChI is InChI=1S/C28H27ClN4O4S2/c1-5-12-33-23(14-37-22-9-7-6-8-21(22)29)31-32-28(33)39-16-24(34)30-26-25(27(35)36-4)20(15-38-26)19-13-17(2)10-11-18(19)3/h5-11,13,15H,1,12,14,16H2,2-4H3,(H,30,34). The highest BCUT2D eigenvalue weighted by Gasteiger charge is 2.24. The SMILES string of the molecule is C=CCn1c(COc2ccccc2Cl)nnc1SCC(=O)Nc1scc(-c2cc(C)ccc2C)c1C(=O)OC. The van der Waals surface area contributed by atoms with E-state index >= 15 is 0 Å². The molecule has 2 heterocycles. The van der Waals surface area contributed by atoms with E-state index in [1.807, 2.05) is 54.1 Å². The quantitative estimate of drug-likeness (QED) is 0.122. The number of aromatic nitrogens is 3. The average molecular weight is 583 g/mol. The van der Waals surface area contributed by atoms with E-state index < -0.39 is 5.97 Å². The number of halogens is 1. The van der Waals surface area contributed by atoms with Gasteiger partial charge in [-0.25, -0.2) is 4.79 Å². The Balaban J connectivity index is 1.48. The number of ether oxygens (including phenoxy) is 2. The number of amides is 1. The Kier molecular flexibility index (Phi) is 9.45. The fourth-order valence-electron chi connectivity index (χ4n) is 3.82. The molecule has 2 aromatic heterocycles. The van der Waals surface area contributed by atoms with Crippen LogP contribution < -0.4 is 10.1 Å². The second kappa shape index (κ2) is 13.0. The van der Waals surface area contributed by atoms with Crippen molar-refractivity contribution >= 4 is 51.6 Å². The van der Waals surface area contributed by atoms with E-state index in [0.717, 1.165) is 22.3 Å². The maximum atomic E-state index is 12.9. The van der Waals surface area contributed by atoms with E-state index in [1.54, 1.807) is 18.2 Å². The monoisotopic (exact) mass is 582 g/mol. The van der Waals surface area contributed by atoms with Crippen LogP contribution in [0, 0.1) is 13.8 Å². The van der Waals surface area contributed by atoms with Crippen LogP contribution >= 0.6 is 34.7 Å². The van der Waals surface area contributed by atoms with Gasteiger partial charge in [-0.3, -0.25) is 9.36 Å². The molecule has 0 spiro atoms. The molecule has 0 bridgehead atoms. The third-order valence-corrected chi connectivity index (χ3v) is 7.92. The molecule has 0 atom stereocenters. The molecule has 11 heteroatoms. The van der Waals surface area contributed by atoms with Gasteiger partial charge in [0.2, 0.25) is 5.91 Å². The van der Waals surface area contributed by atoms with Gasteiger partial charge in [0.05, 0.1) is 17.9 Å². The van der Waals surface area contributed by atoms with Gasteiger partial charge in [0.15, 0.2) is 11.0 Å². The molecule has 2 aromatic carbocycles. The zero-order valence-electron chi connectivity index (χ0n) is 21.7. The van der Waals surface area contributed by atoms with E-state index in [-0.39, 0.29) is 18.3 Å². The van der Waals surface area contributed by atoms with E-state index in [9.17, 15) is 9.59 Å². The van der Waals surface area contributed by atoms with Crippen molar-refractivity contribution < 1.29 is 19.1 Å². The fourth-order valence-corrected chi connectivity index (χ4v) is 5.74. The van der Waals surface area contributed by atoms with Crippen LogP contribution in [0.5, 0.6) is 5.75 Å². The van der Waals surface area contributed by atoms with Gasteiger partial charge in [-0.05, 0) is 37.1 Å². The van der Waals surface area contributed by atoms with Crippen molar-refractivity contribution in [2.75, 3.05) is 18.2 Å². The molecular formula is C28H27ClN4O4S2. The molecule has 0 aliphatic heterocycles. The van der Waals surface area contributed by atoms with Crippen molar-refractivity contribution in [2.45, 2.75) is 32.2 Å². The van der Waals surface area contributed by atoms with Crippen molar-refractivity contribution in [3.05, 3.63) is 88.0 Å². The molecule has 0 fully saturated rings. The summed E-state index contributed by atoms with van der Waals surface area (Å²) in [7, 11) is 1.33. The number of aryl methyl sites for hydroxylation is 2. The largest absolute Gasteiger partial charge is 0.484 e. The number of rotatable bonds is 11. The summed E-state index contributed by atoms with van der Waals surface area (Å²) >= 11 is 8.69. The molecule has 8 nitrogen and oxygen atoms in total. The van der Waals surface area contributed by atoms with Crippen LogP contribution in [0.25, 0.3) is 11.1 Å². The van der Waals surface area contributed by atoms with Gasteiger partial charge < -0.3 is 14.8 Å². The van der Waals surface area contributed by atoms with Crippen LogP contribution in [0.2, 0.25) is 5.02 Å². The molecular weight excluding hydrogens is 556 g/mol. The number of para-hydroxylation sites is 1. The van der Waals surface area contributed by atoms with Gasteiger partial charge in [0, 0.05) is 17.5 Å². The Morgan fingerprint density at radius 1 is 1.18 bits per heavy atom. The second-order valence-electron chi connectivity index (χ2n) is 8.52. The molecule has 1 amide bonds. The number of carbonyl (C=O) groups excluding carboxylic acids is 2. The van der Waals surface area contributed by atoms with Gasteiger partial charge in [0.25, 0.3) is 0 Å². The summed E-state index contributed by atoms with van der Waals surface area (Å²) in [5, 5.41) is 14.7. The van der Waals surface area contributed by atoms with Crippen molar-refractivity contribution in [3.63, 3.8) is 0 Å². The maximum absolute atomic E-state index is 12.9. The number of esters is 1. The first-order valence-corrected chi connectivity index (χ1v) is 14.2. The number of nitrogens with zero attached hydrogens (tertiary/aromatic N) is 3. The average Bonchev–Trinajstić information content (AvgIpc) is 3.52. The summed E-state index contributed by atoms with van der Waals surface area (Å²) in [5.41, 5.74) is 4.08. The predicted molar refractivity (Wildman–Crippen MR) is 156 cm³/mol. The Hall–Kier alpha value is -3.60. The number of carbonyl (C=O) groups is 2. The van der Waals surface area contributed by atoms with E-state index in [4.69, 9.17) is 21.1 Å². The molecule has 1 N–H and O–H groups in total. The van der Waals surface area contributed by atoms with E-state index in [2.05, 4.69) is 22.1 Å². The lowest BCUT2D eigenvalue weighted by Crippen LogP contribution is -2.16. The van der Waals surface area contributed by atoms with Crippen LogP contribution in [-0.4, -0.2) is 39.5 Å². The van der Waals surface area contributed by atoms with Crippen LogP contribution in [0.3, 0.4) is 0 Å².